The highest BCUT2D eigenvalue weighted by Gasteiger charge is 2.30. The number of thiazole rings is 1. The van der Waals surface area contributed by atoms with Gasteiger partial charge < -0.3 is 9.64 Å². The molecule has 0 bridgehead atoms. The molecule has 28 heavy (non-hydrogen) atoms. The molecule has 0 saturated carbocycles. The number of ether oxygens (including phenoxy) is 1. The number of benzene rings is 1. The van der Waals surface area contributed by atoms with Crippen LogP contribution in [0.1, 0.15) is 30.6 Å². The minimum Gasteiger partial charge on any atom is -0.487 e. The molecule has 3 heterocycles. The van der Waals surface area contributed by atoms with Crippen molar-refractivity contribution in [1.82, 2.24) is 14.5 Å². The summed E-state index contributed by atoms with van der Waals surface area (Å²) in [6.45, 7) is 5.34. The van der Waals surface area contributed by atoms with Crippen molar-refractivity contribution in [2.75, 3.05) is 0 Å². The molecule has 1 unspecified atom stereocenters. The Hall–Kier alpha value is -2.51. The number of thioether (sulfide) groups is 1. The SMILES string of the molecule is CC1=C(C)N(Cc2ccccc2)C(n2ccc(OCc3cscn3)cc2=O)S1. The van der Waals surface area contributed by atoms with Gasteiger partial charge in [0.15, 0.2) is 5.50 Å². The monoisotopic (exact) mass is 411 g/mol. The van der Waals surface area contributed by atoms with E-state index in [-0.39, 0.29) is 11.1 Å². The van der Waals surface area contributed by atoms with E-state index in [1.807, 2.05) is 35.8 Å². The first-order chi connectivity index (χ1) is 13.6. The van der Waals surface area contributed by atoms with Crippen molar-refractivity contribution >= 4 is 23.1 Å². The van der Waals surface area contributed by atoms with Crippen LogP contribution in [0.3, 0.4) is 0 Å². The van der Waals surface area contributed by atoms with E-state index in [9.17, 15) is 4.79 Å². The van der Waals surface area contributed by atoms with Gasteiger partial charge in [0.05, 0.1) is 11.2 Å². The summed E-state index contributed by atoms with van der Waals surface area (Å²) in [5, 5.41) is 1.94. The Bertz CT molecular complexity index is 1030. The van der Waals surface area contributed by atoms with Crippen LogP contribution in [-0.4, -0.2) is 14.5 Å². The second kappa shape index (κ2) is 8.24. The molecule has 0 aliphatic carbocycles. The number of hydrogen-bond donors (Lipinski definition) is 0. The Labute approximate surface area is 172 Å². The lowest BCUT2D eigenvalue weighted by molar-refractivity contribution is 0.261. The molecule has 0 spiro atoms. The highest BCUT2D eigenvalue weighted by atomic mass is 32.2. The Morgan fingerprint density at radius 3 is 2.71 bits per heavy atom. The van der Waals surface area contributed by atoms with Crippen molar-refractivity contribution in [1.29, 1.82) is 0 Å². The lowest BCUT2D eigenvalue weighted by Gasteiger charge is -2.29. The zero-order chi connectivity index (χ0) is 19.5. The normalized spacial score (nSPS) is 16.6. The quantitative estimate of drug-likeness (QED) is 0.581. The first-order valence-electron chi connectivity index (χ1n) is 8.98. The molecule has 7 heteroatoms. The van der Waals surface area contributed by atoms with Crippen molar-refractivity contribution in [3.05, 3.63) is 91.8 Å². The lowest BCUT2D eigenvalue weighted by atomic mass is 10.2. The fourth-order valence-corrected chi connectivity index (χ4v) is 4.86. The molecule has 4 rings (SSSR count). The maximum Gasteiger partial charge on any atom is 0.256 e. The second-order valence-electron chi connectivity index (χ2n) is 6.58. The zero-order valence-corrected chi connectivity index (χ0v) is 17.4. The van der Waals surface area contributed by atoms with Crippen molar-refractivity contribution in [2.24, 2.45) is 0 Å². The summed E-state index contributed by atoms with van der Waals surface area (Å²) in [6, 6.07) is 13.7. The summed E-state index contributed by atoms with van der Waals surface area (Å²) in [5.41, 5.74) is 4.89. The molecule has 3 aromatic rings. The van der Waals surface area contributed by atoms with Gasteiger partial charge in [0.1, 0.15) is 12.4 Å². The van der Waals surface area contributed by atoms with Crippen molar-refractivity contribution in [3.63, 3.8) is 0 Å². The van der Waals surface area contributed by atoms with Gasteiger partial charge in [-0.25, -0.2) is 4.98 Å². The van der Waals surface area contributed by atoms with Crippen LogP contribution in [0, 0.1) is 0 Å². The van der Waals surface area contributed by atoms with Gasteiger partial charge in [0.25, 0.3) is 5.56 Å². The summed E-state index contributed by atoms with van der Waals surface area (Å²) >= 11 is 3.23. The lowest BCUT2D eigenvalue weighted by Crippen LogP contribution is -2.32. The third-order valence-electron chi connectivity index (χ3n) is 4.71. The van der Waals surface area contributed by atoms with Gasteiger partial charge in [0, 0.05) is 34.8 Å². The molecule has 2 aromatic heterocycles. The van der Waals surface area contributed by atoms with Crippen LogP contribution in [-0.2, 0) is 13.2 Å². The standard InChI is InChI=1S/C21H21N3O2S2/c1-15-16(2)28-21(24(15)11-17-6-4-3-5-7-17)23-9-8-19(10-20(23)25)26-12-18-13-27-14-22-18/h3-10,13-14,21H,11-12H2,1-2H3. The van der Waals surface area contributed by atoms with Gasteiger partial charge in [-0.15, -0.1) is 11.3 Å². The fourth-order valence-electron chi connectivity index (χ4n) is 3.07. The van der Waals surface area contributed by atoms with Crippen LogP contribution >= 0.6 is 23.1 Å². The molecule has 0 radical (unpaired) electrons. The molecule has 1 aromatic carbocycles. The van der Waals surface area contributed by atoms with E-state index < -0.39 is 0 Å². The van der Waals surface area contributed by atoms with Gasteiger partial charge in [0.2, 0.25) is 0 Å². The van der Waals surface area contributed by atoms with Crippen LogP contribution in [0.15, 0.2) is 74.9 Å². The minimum atomic E-state index is -0.0969. The van der Waals surface area contributed by atoms with Crippen molar-refractivity contribution < 1.29 is 4.74 Å². The van der Waals surface area contributed by atoms with Gasteiger partial charge in [-0.3, -0.25) is 9.36 Å². The van der Waals surface area contributed by atoms with E-state index in [1.54, 1.807) is 27.9 Å². The van der Waals surface area contributed by atoms with E-state index in [1.165, 1.54) is 27.5 Å². The molecule has 1 aliphatic rings. The smallest absolute Gasteiger partial charge is 0.256 e. The van der Waals surface area contributed by atoms with Gasteiger partial charge in [-0.2, -0.15) is 0 Å². The second-order valence-corrected chi connectivity index (χ2v) is 8.56. The largest absolute Gasteiger partial charge is 0.487 e. The number of pyridine rings is 1. The van der Waals surface area contributed by atoms with Gasteiger partial charge in [-0.05, 0) is 25.5 Å². The predicted octanol–water partition coefficient (Wildman–Crippen LogP) is 4.84. The number of hydrogen-bond acceptors (Lipinski definition) is 6. The van der Waals surface area contributed by atoms with Crippen LogP contribution < -0.4 is 10.3 Å². The highest BCUT2D eigenvalue weighted by molar-refractivity contribution is 8.03. The molecular weight excluding hydrogens is 390 g/mol. The van der Waals surface area contributed by atoms with Crippen LogP contribution in [0.25, 0.3) is 0 Å². The van der Waals surface area contributed by atoms with Crippen molar-refractivity contribution in [2.45, 2.75) is 32.5 Å². The topological polar surface area (TPSA) is 47.4 Å². The Balaban J connectivity index is 1.54. The molecule has 0 amide bonds. The molecule has 0 N–H and O–H groups in total. The number of allylic oxidation sites excluding steroid dienone is 2. The summed E-state index contributed by atoms with van der Waals surface area (Å²) in [7, 11) is 0. The van der Waals surface area contributed by atoms with E-state index in [4.69, 9.17) is 4.74 Å². The van der Waals surface area contributed by atoms with E-state index >= 15 is 0 Å². The van der Waals surface area contributed by atoms with E-state index in [0.29, 0.717) is 12.4 Å². The number of nitrogens with zero attached hydrogens (tertiary/aromatic N) is 3. The first-order valence-corrected chi connectivity index (χ1v) is 10.8. The maximum atomic E-state index is 12.8. The molecule has 1 aliphatic heterocycles. The Morgan fingerprint density at radius 2 is 2.00 bits per heavy atom. The third-order valence-corrected chi connectivity index (χ3v) is 6.69. The van der Waals surface area contributed by atoms with Gasteiger partial charge >= 0.3 is 0 Å². The molecule has 144 valence electrons. The summed E-state index contributed by atoms with van der Waals surface area (Å²) in [5.74, 6) is 0.563. The molecule has 0 fully saturated rings. The maximum absolute atomic E-state index is 12.8. The molecule has 1 atom stereocenters. The average molecular weight is 412 g/mol. The average Bonchev–Trinajstić information content (AvgIpc) is 3.31. The predicted molar refractivity (Wildman–Crippen MR) is 114 cm³/mol. The van der Waals surface area contributed by atoms with Crippen LogP contribution in [0.2, 0.25) is 0 Å². The minimum absolute atomic E-state index is 0.0751. The first kappa shape index (κ1) is 18.8. The Morgan fingerprint density at radius 1 is 1.18 bits per heavy atom. The van der Waals surface area contributed by atoms with E-state index in [0.717, 1.165) is 12.2 Å². The molecule has 5 nitrogen and oxygen atoms in total. The Kier molecular flexibility index (Phi) is 5.54. The summed E-state index contributed by atoms with van der Waals surface area (Å²) in [6.07, 6.45) is 1.82. The number of rotatable bonds is 6. The van der Waals surface area contributed by atoms with E-state index in [2.05, 4.69) is 35.9 Å². The van der Waals surface area contributed by atoms with Crippen LogP contribution in [0.4, 0.5) is 0 Å². The third kappa shape index (κ3) is 4.00. The molecular formula is C21H21N3O2S2. The fraction of sp³-hybridized carbons (Fsp3) is 0.238. The molecule has 0 saturated heterocycles. The summed E-state index contributed by atoms with van der Waals surface area (Å²) < 4.78 is 7.48. The van der Waals surface area contributed by atoms with Gasteiger partial charge in [-0.1, -0.05) is 42.1 Å². The summed E-state index contributed by atoms with van der Waals surface area (Å²) in [4.78, 5) is 20.5. The van der Waals surface area contributed by atoms with Crippen molar-refractivity contribution in [3.8, 4) is 5.75 Å². The zero-order valence-electron chi connectivity index (χ0n) is 15.7. The number of aromatic nitrogens is 2. The van der Waals surface area contributed by atoms with Crippen LogP contribution in [0.5, 0.6) is 5.75 Å². The highest BCUT2D eigenvalue weighted by Crippen LogP contribution is 2.44.